The number of piperidine rings is 1. The smallest absolute Gasteiger partial charge is 0.237 e. The maximum atomic E-state index is 13.0. The molecule has 1 aliphatic carbocycles. The molecular formula is C15H27N3O2. The van der Waals surface area contributed by atoms with Gasteiger partial charge in [-0.3, -0.25) is 9.59 Å². The van der Waals surface area contributed by atoms with Crippen LogP contribution in [-0.2, 0) is 9.59 Å². The van der Waals surface area contributed by atoms with Crippen molar-refractivity contribution >= 4 is 11.8 Å². The molecule has 0 radical (unpaired) electrons. The lowest BCUT2D eigenvalue weighted by Crippen LogP contribution is -2.53. The third-order valence-electron chi connectivity index (χ3n) is 4.81. The lowest BCUT2D eigenvalue weighted by atomic mass is 9.74. The van der Waals surface area contributed by atoms with E-state index in [0.29, 0.717) is 0 Å². The monoisotopic (exact) mass is 281 g/mol. The van der Waals surface area contributed by atoms with Gasteiger partial charge in [-0.1, -0.05) is 26.2 Å². The summed E-state index contributed by atoms with van der Waals surface area (Å²) in [5.74, 6) is -0.265. The molecule has 0 unspecified atom stereocenters. The summed E-state index contributed by atoms with van der Waals surface area (Å²) < 4.78 is 0. The molecule has 2 amide bonds. The van der Waals surface area contributed by atoms with Crippen molar-refractivity contribution < 1.29 is 9.59 Å². The van der Waals surface area contributed by atoms with E-state index in [9.17, 15) is 9.59 Å². The second-order valence-electron chi connectivity index (χ2n) is 6.50. The van der Waals surface area contributed by atoms with Gasteiger partial charge in [-0.15, -0.1) is 0 Å². The SMILES string of the molecule is CC1(C(=O)N(CC(N)=O)C2CCNCC2)CCCCC1. The van der Waals surface area contributed by atoms with E-state index < -0.39 is 5.91 Å². The third-order valence-corrected chi connectivity index (χ3v) is 4.81. The zero-order valence-corrected chi connectivity index (χ0v) is 12.5. The summed E-state index contributed by atoms with van der Waals surface area (Å²) in [6.45, 7) is 3.94. The molecule has 1 saturated heterocycles. The van der Waals surface area contributed by atoms with Crippen LogP contribution in [0.1, 0.15) is 51.9 Å². The molecule has 5 nitrogen and oxygen atoms in total. The van der Waals surface area contributed by atoms with E-state index in [1.54, 1.807) is 4.90 Å². The lowest BCUT2D eigenvalue weighted by molar-refractivity contribution is -0.148. The summed E-state index contributed by atoms with van der Waals surface area (Å²) in [5, 5.41) is 3.30. The van der Waals surface area contributed by atoms with Crippen LogP contribution in [0.15, 0.2) is 0 Å². The second kappa shape index (κ2) is 6.57. The van der Waals surface area contributed by atoms with Gasteiger partial charge in [0, 0.05) is 11.5 Å². The maximum absolute atomic E-state index is 13.0. The lowest BCUT2D eigenvalue weighted by Gasteiger charge is -2.41. The standard InChI is InChI=1S/C15H27N3O2/c1-15(7-3-2-4-8-15)14(20)18(11-13(16)19)12-5-9-17-10-6-12/h12,17H,2-11H2,1H3,(H2,16,19). The van der Waals surface area contributed by atoms with Gasteiger partial charge in [-0.05, 0) is 38.8 Å². The summed E-state index contributed by atoms with van der Waals surface area (Å²) in [6.07, 6.45) is 7.13. The van der Waals surface area contributed by atoms with Gasteiger partial charge in [0.1, 0.15) is 0 Å². The van der Waals surface area contributed by atoms with Crippen LogP contribution in [0.2, 0.25) is 0 Å². The first-order valence-electron chi connectivity index (χ1n) is 7.83. The average molecular weight is 281 g/mol. The van der Waals surface area contributed by atoms with E-state index >= 15 is 0 Å². The fourth-order valence-corrected chi connectivity index (χ4v) is 3.55. The molecule has 2 aliphatic rings. The zero-order chi connectivity index (χ0) is 14.6. The molecule has 1 saturated carbocycles. The van der Waals surface area contributed by atoms with Crippen LogP contribution < -0.4 is 11.1 Å². The Morgan fingerprint density at radius 3 is 2.35 bits per heavy atom. The molecule has 0 aromatic heterocycles. The van der Waals surface area contributed by atoms with Gasteiger partial charge in [0.05, 0.1) is 6.54 Å². The Balaban J connectivity index is 2.11. The van der Waals surface area contributed by atoms with E-state index in [0.717, 1.165) is 51.6 Å². The third kappa shape index (κ3) is 3.51. The number of rotatable bonds is 4. The minimum atomic E-state index is -0.406. The summed E-state index contributed by atoms with van der Waals surface area (Å²) in [7, 11) is 0. The number of nitrogens with one attached hydrogen (secondary N) is 1. The van der Waals surface area contributed by atoms with Crippen molar-refractivity contribution in [1.29, 1.82) is 0 Å². The quantitative estimate of drug-likeness (QED) is 0.808. The van der Waals surface area contributed by atoms with Crippen molar-refractivity contribution in [2.24, 2.45) is 11.1 Å². The Morgan fingerprint density at radius 1 is 1.20 bits per heavy atom. The summed E-state index contributed by atoms with van der Waals surface area (Å²) in [5.41, 5.74) is 5.07. The first-order valence-corrected chi connectivity index (χ1v) is 7.83. The van der Waals surface area contributed by atoms with E-state index in [4.69, 9.17) is 5.73 Å². The van der Waals surface area contributed by atoms with Gasteiger partial charge in [-0.2, -0.15) is 0 Å². The molecule has 1 heterocycles. The van der Waals surface area contributed by atoms with E-state index in [1.165, 1.54) is 6.42 Å². The average Bonchev–Trinajstić information content (AvgIpc) is 2.45. The predicted octanol–water partition coefficient (Wildman–Crippen LogP) is 1.02. The van der Waals surface area contributed by atoms with Crippen molar-refractivity contribution in [3.05, 3.63) is 0 Å². The van der Waals surface area contributed by atoms with Crippen molar-refractivity contribution in [3.63, 3.8) is 0 Å². The molecule has 0 aromatic carbocycles. The van der Waals surface area contributed by atoms with Crippen LogP contribution in [-0.4, -0.2) is 42.4 Å². The number of nitrogens with two attached hydrogens (primary N) is 1. The Morgan fingerprint density at radius 2 is 1.80 bits per heavy atom. The normalized spacial score (nSPS) is 23.2. The number of hydrogen-bond donors (Lipinski definition) is 2. The second-order valence-corrected chi connectivity index (χ2v) is 6.50. The van der Waals surface area contributed by atoms with Crippen LogP contribution in [0.5, 0.6) is 0 Å². The fraction of sp³-hybridized carbons (Fsp3) is 0.867. The summed E-state index contributed by atoms with van der Waals surface area (Å²) >= 11 is 0. The molecule has 0 aromatic rings. The minimum Gasteiger partial charge on any atom is -0.368 e. The Hall–Kier alpha value is -1.10. The molecule has 1 aliphatic heterocycles. The summed E-state index contributed by atoms with van der Waals surface area (Å²) in [6, 6.07) is 0.162. The summed E-state index contributed by atoms with van der Waals surface area (Å²) in [4.78, 5) is 26.1. The van der Waals surface area contributed by atoms with Gasteiger partial charge in [0.15, 0.2) is 0 Å². The first kappa shape index (κ1) is 15.3. The zero-order valence-electron chi connectivity index (χ0n) is 12.5. The number of primary amides is 1. The highest BCUT2D eigenvalue weighted by Crippen LogP contribution is 2.38. The molecule has 5 heteroatoms. The molecular weight excluding hydrogens is 254 g/mol. The molecule has 2 rings (SSSR count). The Labute approximate surface area is 121 Å². The van der Waals surface area contributed by atoms with Crippen molar-refractivity contribution in [2.75, 3.05) is 19.6 Å². The van der Waals surface area contributed by atoms with Gasteiger partial charge in [0.25, 0.3) is 0 Å². The van der Waals surface area contributed by atoms with E-state index in [2.05, 4.69) is 12.2 Å². The number of carbonyl (C=O) groups excluding carboxylic acids is 2. The molecule has 0 bridgehead atoms. The highest BCUT2D eigenvalue weighted by Gasteiger charge is 2.40. The van der Waals surface area contributed by atoms with Crippen molar-refractivity contribution in [2.45, 2.75) is 57.9 Å². The molecule has 20 heavy (non-hydrogen) atoms. The molecule has 3 N–H and O–H groups in total. The van der Waals surface area contributed by atoms with Crippen molar-refractivity contribution in [3.8, 4) is 0 Å². The van der Waals surface area contributed by atoms with Crippen molar-refractivity contribution in [1.82, 2.24) is 10.2 Å². The van der Waals surface area contributed by atoms with E-state index in [-0.39, 0.29) is 23.9 Å². The van der Waals surface area contributed by atoms with Crippen LogP contribution in [0, 0.1) is 5.41 Å². The van der Waals surface area contributed by atoms with Crippen LogP contribution in [0.25, 0.3) is 0 Å². The fourth-order valence-electron chi connectivity index (χ4n) is 3.55. The minimum absolute atomic E-state index is 0.0685. The van der Waals surface area contributed by atoms with Gasteiger partial charge in [0.2, 0.25) is 11.8 Å². The van der Waals surface area contributed by atoms with Crippen LogP contribution >= 0.6 is 0 Å². The molecule has 2 fully saturated rings. The highest BCUT2D eigenvalue weighted by atomic mass is 16.2. The largest absolute Gasteiger partial charge is 0.368 e. The molecule has 114 valence electrons. The number of amides is 2. The number of nitrogens with zero attached hydrogens (tertiary/aromatic N) is 1. The Kier molecular flexibility index (Phi) is 5.02. The number of carbonyl (C=O) groups is 2. The van der Waals surface area contributed by atoms with E-state index in [1.807, 2.05) is 0 Å². The van der Waals surface area contributed by atoms with Gasteiger partial charge < -0.3 is 16.0 Å². The van der Waals surface area contributed by atoms with Crippen LogP contribution in [0.4, 0.5) is 0 Å². The predicted molar refractivity (Wildman–Crippen MR) is 78.0 cm³/mol. The molecule has 0 atom stereocenters. The maximum Gasteiger partial charge on any atom is 0.237 e. The van der Waals surface area contributed by atoms with Crippen LogP contribution in [0.3, 0.4) is 0 Å². The van der Waals surface area contributed by atoms with Gasteiger partial charge in [-0.25, -0.2) is 0 Å². The topological polar surface area (TPSA) is 75.4 Å². The van der Waals surface area contributed by atoms with Gasteiger partial charge >= 0.3 is 0 Å². The molecule has 0 spiro atoms. The highest BCUT2D eigenvalue weighted by molar-refractivity contribution is 5.87. The first-order chi connectivity index (χ1) is 9.53. The Bertz CT molecular complexity index is 358. The number of hydrogen-bond acceptors (Lipinski definition) is 3.